The van der Waals surface area contributed by atoms with E-state index in [9.17, 15) is 21.6 Å². The second kappa shape index (κ2) is 6.75. The average molecular weight is 359 g/mol. The summed E-state index contributed by atoms with van der Waals surface area (Å²) in [6, 6.07) is 0. The van der Waals surface area contributed by atoms with Crippen molar-refractivity contribution in [2.45, 2.75) is 25.4 Å². The number of esters is 1. The minimum atomic E-state index is -4.28. The van der Waals surface area contributed by atoms with E-state index in [1.54, 1.807) is 6.92 Å². The lowest BCUT2D eigenvalue weighted by molar-refractivity contribution is 0.0521. The number of hydrogen-bond acceptors (Lipinski definition) is 7. The van der Waals surface area contributed by atoms with Crippen LogP contribution in [0.1, 0.15) is 24.2 Å². The number of carbonyl (C=O) groups excluding carboxylic acids is 1. The number of nitrogens with zero attached hydrogens (tertiary/aromatic N) is 2. The maximum Gasteiger partial charge on any atom is 0.342 e. The first-order valence-corrected chi connectivity index (χ1v) is 10.1. The summed E-state index contributed by atoms with van der Waals surface area (Å²) in [7, 11) is -2.31. The van der Waals surface area contributed by atoms with Gasteiger partial charge in [0.15, 0.2) is 14.9 Å². The van der Waals surface area contributed by atoms with Crippen molar-refractivity contribution in [3.05, 3.63) is 11.8 Å². The second-order valence-corrected chi connectivity index (χ2v) is 8.94. The Bertz CT molecular complexity index is 723. The lowest BCUT2D eigenvalue weighted by Gasteiger charge is -2.06. The van der Waals surface area contributed by atoms with Crippen molar-refractivity contribution in [3.63, 3.8) is 0 Å². The first-order chi connectivity index (χ1) is 9.62. The lowest BCUT2D eigenvalue weighted by atomic mass is 10.4. The third-order valence-electron chi connectivity index (χ3n) is 2.57. The van der Waals surface area contributed by atoms with Crippen LogP contribution in [0.25, 0.3) is 0 Å². The molecule has 8 nitrogen and oxygen atoms in total. The van der Waals surface area contributed by atoms with Crippen LogP contribution in [-0.4, -0.2) is 50.7 Å². The van der Waals surface area contributed by atoms with Gasteiger partial charge in [0.2, 0.25) is 0 Å². The normalized spacial score (nSPS) is 12.3. The molecule has 21 heavy (non-hydrogen) atoms. The summed E-state index contributed by atoms with van der Waals surface area (Å²) in [5.74, 6) is -1.28. The highest BCUT2D eigenvalue weighted by Gasteiger charge is 2.28. The molecular weight excluding hydrogens is 344 g/mol. The number of aromatic nitrogens is 2. The molecule has 0 aromatic carbocycles. The van der Waals surface area contributed by atoms with Crippen LogP contribution in [0.4, 0.5) is 0 Å². The topological polar surface area (TPSA) is 112 Å². The van der Waals surface area contributed by atoms with E-state index >= 15 is 0 Å². The van der Waals surface area contributed by atoms with Crippen LogP contribution in [0.5, 0.6) is 0 Å². The summed E-state index contributed by atoms with van der Waals surface area (Å²) >= 11 is 0. The zero-order valence-corrected chi connectivity index (χ0v) is 13.8. The van der Waals surface area contributed by atoms with E-state index in [0.29, 0.717) is 0 Å². The Morgan fingerprint density at radius 3 is 2.43 bits per heavy atom. The molecule has 0 N–H and O–H groups in total. The molecule has 0 aliphatic rings. The molecule has 0 unspecified atom stereocenters. The van der Waals surface area contributed by atoms with E-state index in [2.05, 4.69) is 5.10 Å². The Labute approximate surface area is 127 Å². The predicted molar refractivity (Wildman–Crippen MR) is 75.6 cm³/mol. The molecule has 0 aliphatic carbocycles. The first-order valence-electron chi connectivity index (χ1n) is 6.00. The van der Waals surface area contributed by atoms with Gasteiger partial charge in [-0.2, -0.15) is 5.10 Å². The van der Waals surface area contributed by atoms with Gasteiger partial charge in [-0.1, -0.05) is 6.92 Å². The Hall–Kier alpha value is -1.13. The third kappa shape index (κ3) is 4.68. The second-order valence-electron chi connectivity index (χ2n) is 3.98. The molecule has 1 aromatic rings. The van der Waals surface area contributed by atoms with E-state index in [-0.39, 0.29) is 30.2 Å². The maximum atomic E-state index is 11.7. The van der Waals surface area contributed by atoms with Crippen molar-refractivity contribution >= 4 is 35.5 Å². The van der Waals surface area contributed by atoms with E-state index in [1.165, 1.54) is 6.92 Å². The highest BCUT2D eigenvalue weighted by molar-refractivity contribution is 8.13. The number of hydrogen-bond donors (Lipinski definition) is 0. The van der Waals surface area contributed by atoms with Gasteiger partial charge in [-0.15, -0.1) is 0 Å². The van der Waals surface area contributed by atoms with Gasteiger partial charge >= 0.3 is 5.97 Å². The number of halogens is 1. The van der Waals surface area contributed by atoms with Crippen LogP contribution in [0, 0.1) is 0 Å². The largest absolute Gasteiger partial charge is 0.462 e. The summed E-state index contributed by atoms with van der Waals surface area (Å²) in [4.78, 5) is 11.7. The van der Waals surface area contributed by atoms with Crippen LogP contribution in [0.15, 0.2) is 11.2 Å². The quantitative estimate of drug-likeness (QED) is 0.512. The van der Waals surface area contributed by atoms with Crippen LogP contribution >= 0.6 is 10.7 Å². The Kier molecular flexibility index (Phi) is 5.76. The molecule has 0 radical (unpaired) electrons. The molecule has 1 rings (SSSR count). The van der Waals surface area contributed by atoms with E-state index in [1.807, 2.05) is 0 Å². The number of rotatable bonds is 7. The van der Waals surface area contributed by atoms with Gasteiger partial charge in [-0.25, -0.2) is 21.6 Å². The maximum absolute atomic E-state index is 11.7. The third-order valence-corrected chi connectivity index (χ3v) is 5.59. The summed E-state index contributed by atoms with van der Waals surface area (Å²) in [6.07, 6.45) is 0.992. The molecule has 0 bridgehead atoms. The molecule has 11 heteroatoms. The van der Waals surface area contributed by atoms with Gasteiger partial charge in [0.05, 0.1) is 25.1 Å². The predicted octanol–water partition coefficient (Wildman–Crippen LogP) is 0.422. The van der Waals surface area contributed by atoms with E-state index < -0.39 is 29.9 Å². The summed E-state index contributed by atoms with van der Waals surface area (Å²) < 4.78 is 51.7. The summed E-state index contributed by atoms with van der Waals surface area (Å²) in [5.41, 5.74) is -0.319. The number of aryl methyl sites for hydroxylation is 1. The fraction of sp³-hybridized carbons (Fsp3) is 0.600. The fourth-order valence-corrected chi connectivity index (χ4v) is 3.53. The monoisotopic (exact) mass is 358 g/mol. The highest BCUT2D eigenvalue weighted by Crippen LogP contribution is 2.21. The number of carbonyl (C=O) groups is 1. The van der Waals surface area contributed by atoms with Crippen molar-refractivity contribution in [1.82, 2.24) is 9.78 Å². The summed E-state index contributed by atoms with van der Waals surface area (Å²) in [6.45, 7) is 2.86. The number of ether oxygens (including phenoxy) is 1. The van der Waals surface area contributed by atoms with Crippen LogP contribution in [0.3, 0.4) is 0 Å². The van der Waals surface area contributed by atoms with E-state index in [0.717, 1.165) is 10.9 Å². The molecule has 0 saturated heterocycles. The Morgan fingerprint density at radius 2 is 1.95 bits per heavy atom. The standard InChI is InChI=1S/C10H15ClN2O6S2/c1-3-19-10(14)8-7-12-13(9(8)21(11,17)18)5-6-20(15,16)4-2/h7H,3-6H2,1-2H3. The highest BCUT2D eigenvalue weighted by atomic mass is 35.7. The van der Waals surface area contributed by atoms with Crippen molar-refractivity contribution in [1.29, 1.82) is 0 Å². The molecule has 120 valence electrons. The Morgan fingerprint density at radius 1 is 1.33 bits per heavy atom. The van der Waals surface area contributed by atoms with Gasteiger partial charge < -0.3 is 4.74 Å². The van der Waals surface area contributed by atoms with E-state index in [4.69, 9.17) is 15.4 Å². The lowest BCUT2D eigenvalue weighted by Crippen LogP contribution is -2.18. The molecule has 0 atom stereocenters. The minimum Gasteiger partial charge on any atom is -0.462 e. The van der Waals surface area contributed by atoms with Crippen molar-refractivity contribution < 1.29 is 26.4 Å². The molecule has 1 aromatic heterocycles. The molecular formula is C10H15ClN2O6S2. The van der Waals surface area contributed by atoms with Gasteiger partial charge in [0.1, 0.15) is 5.56 Å². The van der Waals surface area contributed by atoms with Gasteiger partial charge in [-0.05, 0) is 6.92 Å². The molecule has 0 aliphatic heterocycles. The molecule has 0 saturated carbocycles. The summed E-state index contributed by atoms with van der Waals surface area (Å²) in [5, 5.41) is 3.15. The van der Waals surface area contributed by atoms with Gasteiger partial charge in [0, 0.05) is 16.4 Å². The molecule has 0 fully saturated rings. The minimum absolute atomic E-state index is 0.0516. The SMILES string of the molecule is CCOC(=O)c1cnn(CCS(=O)(=O)CC)c1S(=O)(=O)Cl. The zero-order valence-electron chi connectivity index (χ0n) is 11.4. The van der Waals surface area contributed by atoms with Crippen molar-refractivity contribution in [2.24, 2.45) is 0 Å². The average Bonchev–Trinajstić information content (AvgIpc) is 2.81. The van der Waals surface area contributed by atoms with Gasteiger partial charge in [-0.3, -0.25) is 4.68 Å². The fourth-order valence-electron chi connectivity index (χ4n) is 1.51. The first kappa shape index (κ1) is 17.9. The molecule has 1 heterocycles. The van der Waals surface area contributed by atoms with Crippen LogP contribution in [-0.2, 0) is 30.2 Å². The Balaban J connectivity index is 3.20. The molecule has 0 spiro atoms. The smallest absolute Gasteiger partial charge is 0.342 e. The number of sulfone groups is 1. The van der Waals surface area contributed by atoms with Crippen molar-refractivity contribution in [2.75, 3.05) is 18.1 Å². The van der Waals surface area contributed by atoms with Crippen LogP contribution < -0.4 is 0 Å². The van der Waals surface area contributed by atoms with Gasteiger partial charge in [0.25, 0.3) is 9.05 Å². The van der Waals surface area contributed by atoms with Crippen LogP contribution in [0.2, 0.25) is 0 Å². The van der Waals surface area contributed by atoms with Crippen molar-refractivity contribution in [3.8, 4) is 0 Å². The molecule has 0 amide bonds. The zero-order chi connectivity index (χ0) is 16.3.